The molecule has 0 saturated carbocycles. The lowest BCUT2D eigenvalue weighted by Crippen LogP contribution is -2.01. The number of rotatable bonds is 5. The lowest BCUT2D eigenvalue weighted by molar-refractivity contribution is 0.668. The molecule has 0 bridgehead atoms. The van der Waals surface area contributed by atoms with Crippen molar-refractivity contribution in [2.45, 2.75) is 0 Å². The Hall–Kier alpha value is -8.81. The lowest BCUT2D eigenvalue weighted by Gasteiger charge is -2.11. The fourth-order valence-corrected chi connectivity index (χ4v) is 9.91. The summed E-state index contributed by atoms with van der Waals surface area (Å²) in [5.74, 6) is 1.61. The zero-order valence-corrected chi connectivity index (χ0v) is 34.0. The predicted molar refractivity (Wildman–Crippen MR) is 258 cm³/mol. The molecule has 14 aromatic rings. The van der Waals surface area contributed by atoms with Crippen LogP contribution in [0.15, 0.2) is 207 Å². The molecule has 5 heterocycles. The Morgan fingerprint density at radius 1 is 0.297 bits per heavy atom. The van der Waals surface area contributed by atoms with Crippen molar-refractivity contribution in [3.8, 4) is 51.0 Å². The molecule has 298 valence electrons. The topological polar surface area (TPSA) is 83.0 Å². The Morgan fingerprint density at radius 2 is 0.688 bits per heavy atom. The average molecular weight is 821 g/mol. The Balaban J connectivity index is 0.970. The highest BCUT2D eigenvalue weighted by molar-refractivity contribution is 6.16. The second-order valence-electron chi connectivity index (χ2n) is 16.2. The summed E-state index contributed by atoms with van der Waals surface area (Å²) >= 11 is 0. The smallest absolute Gasteiger partial charge is 0.164 e. The molecule has 9 aromatic carbocycles. The molecule has 0 aliphatic rings. The standard InChI is InChI=1S/C57H32N4O3/c1-5-22-44-36(13-1)37-14-2-6-23-45(37)61(44)34-31-29-33(30-32-34)35-17-9-18-40-53-43(21-12-28-50(53)64-54(35)40)57-59-55(41-19-10-26-48-51(41)38-15-3-7-24-46(38)62-48)58-56(60-57)42-20-11-27-49-52(42)39-16-4-8-25-47(39)63-49/h1-32H. The molecule has 0 fully saturated rings. The average Bonchev–Trinajstić information content (AvgIpc) is 4.13. The van der Waals surface area contributed by atoms with E-state index in [1.807, 2.05) is 72.8 Å². The summed E-state index contributed by atoms with van der Waals surface area (Å²) in [4.78, 5) is 15.9. The van der Waals surface area contributed by atoms with Gasteiger partial charge in [0.2, 0.25) is 0 Å². The van der Waals surface area contributed by atoms with Crippen molar-refractivity contribution in [1.29, 1.82) is 0 Å². The van der Waals surface area contributed by atoms with Crippen LogP contribution in [0, 0.1) is 0 Å². The minimum Gasteiger partial charge on any atom is -0.456 e. The van der Waals surface area contributed by atoms with Crippen LogP contribution in [0.4, 0.5) is 0 Å². The molecular formula is C57H32N4O3. The highest BCUT2D eigenvalue weighted by atomic mass is 16.3. The van der Waals surface area contributed by atoms with Crippen molar-refractivity contribution < 1.29 is 13.3 Å². The number of aromatic nitrogens is 4. The summed E-state index contributed by atoms with van der Waals surface area (Å²) in [6.45, 7) is 0. The molecule has 0 saturated heterocycles. The van der Waals surface area contributed by atoms with Crippen LogP contribution in [0.2, 0.25) is 0 Å². The van der Waals surface area contributed by atoms with E-state index in [0.29, 0.717) is 17.5 Å². The van der Waals surface area contributed by atoms with Gasteiger partial charge in [-0.15, -0.1) is 0 Å². The molecule has 14 rings (SSSR count). The van der Waals surface area contributed by atoms with Crippen molar-refractivity contribution in [3.05, 3.63) is 194 Å². The Kier molecular flexibility index (Phi) is 7.27. The molecule has 0 atom stereocenters. The number of nitrogens with zero attached hydrogens (tertiary/aromatic N) is 4. The maximum atomic E-state index is 6.84. The van der Waals surface area contributed by atoms with Gasteiger partial charge in [0.05, 0.1) is 11.0 Å². The van der Waals surface area contributed by atoms with E-state index < -0.39 is 0 Å². The van der Waals surface area contributed by atoms with Gasteiger partial charge >= 0.3 is 0 Å². The maximum Gasteiger partial charge on any atom is 0.164 e. The second kappa shape index (κ2) is 13.3. The van der Waals surface area contributed by atoms with Crippen LogP contribution in [-0.4, -0.2) is 19.5 Å². The fraction of sp³-hybridized carbons (Fsp3) is 0. The molecular weight excluding hydrogens is 789 g/mol. The first-order valence-corrected chi connectivity index (χ1v) is 21.3. The number of furan rings is 3. The van der Waals surface area contributed by atoms with Gasteiger partial charge in [-0.25, -0.2) is 15.0 Å². The van der Waals surface area contributed by atoms with Crippen LogP contribution in [-0.2, 0) is 0 Å². The van der Waals surface area contributed by atoms with Crippen LogP contribution in [0.25, 0.3) is 139 Å². The van der Waals surface area contributed by atoms with Gasteiger partial charge in [-0.3, -0.25) is 0 Å². The Labute approximate surface area is 364 Å². The first-order chi connectivity index (χ1) is 31.7. The highest BCUT2D eigenvalue weighted by Crippen LogP contribution is 2.43. The van der Waals surface area contributed by atoms with E-state index in [-0.39, 0.29) is 0 Å². The summed E-state index contributed by atoms with van der Waals surface area (Å²) in [5, 5.41) is 8.29. The molecule has 0 unspecified atom stereocenters. The summed E-state index contributed by atoms with van der Waals surface area (Å²) in [5.41, 5.74) is 12.8. The van der Waals surface area contributed by atoms with Gasteiger partial charge in [-0.2, -0.15) is 0 Å². The summed E-state index contributed by atoms with van der Waals surface area (Å²) in [7, 11) is 0. The first kappa shape index (κ1) is 34.9. The van der Waals surface area contributed by atoms with E-state index in [1.165, 1.54) is 21.8 Å². The number of hydrogen-bond donors (Lipinski definition) is 0. The quantitative estimate of drug-likeness (QED) is 0.172. The number of benzene rings is 9. The molecule has 64 heavy (non-hydrogen) atoms. The van der Waals surface area contributed by atoms with Crippen LogP contribution >= 0.6 is 0 Å². The van der Waals surface area contributed by atoms with Gasteiger partial charge in [0.1, 0.15) is 33.5 Å². The highest BCUT2D eigenvalue weighted by Gasteiger charge is 2.23. The van der Waals surface area contributed by atoms with Crippen molar-refractivity contribution in [2.75, 3.05) is 0 Å². The molecule has 5 aromatic heterocycles. The van der Waals surface area contributed by atoms with E-state index in [0.717, 1.165) is 99.3 Å². The van der Waals surface area contributed by atoms with Crippen molar-refractivity contribution in [3.63, 3.8) is 0 Å². The van der Waals surface area contributed by atoms with Gasteiger partial charge in [0, 0.05) is 71.0 Å². The van der Waals surface area contributed by atoms with Gasteiger partial charge < -0.3 is 17.8 Å². The third-order valence-corrected chi connectivity index (χ3v) is 12.7. The molecule has 0 N–H and O–H groups in total. The van der Waals surface area contributed by atoms with Crippen LogP contribution in [0.1, 0.15) is 0 Å². The molecule has 0 spiro atoms. The zero-order valence-electron chi connectivity index (χ0n) is 34.0. The van der Waals surface area contributed by atoms with E-state index in [1.54, 1.807) is 0 Å². The maximum absolute atomic E-state index is 6.84. The van der Waals surface area contributed by atoms with E-state index in [4.69, 9.17) is 28.2 Å². The van der Waals surface area contributed by atoms with Gasteiger partial charge in [0.25, 0.3) is 0 Å². The number of hydrogen-bond acceptors (Lipinski definition) is 6. The minimum absolute atomic E-state index is 0.531. The van der Waals surface area contributed by atoms with E-state index in [9.17, 15) is 0 Å². The zero-order chi connectivity index (χ0) is 41.9. The third-order valence-electron chi connectivity index (χ3n) is 12.7. The molecule has 0 aliphatic carbocycles. The predicted octanol–water partition coefficient (Wildman–Crippen LogP) is 15.3. The van der Waals surface area contributed by atoms with Crippen molar-refractivity contribution in [2.24, 2.45) is 0 Å². The lowest BCUT2D eigenvalue weighted by atomic mass is 10.00. The SMILES string of the molecule is c1ccc2c(c1)oc1cccc(-c3nc(-c4cccc5oc6ccccc6c45)nc(-c4cccc5oc6c(-c7ccc(-n8c9ccccc9c9ccccc98)cc7)cccc6c45)n3)c12. The van der Waals surface area contributed by atoms with Crippen LogP contribution in [0.5, 0.6) is 0 Å². The minimum atomic E-state index is 0.531. The monoisotopic (exact) mass is 820 g/mol. The molecule has 0 aliphatic heterocycles. The molecule has 0 radical (unpaired) electrons. The summed E-state index contributed by atoms with van der Waals surface area (Å²) in [6.07, 6.45) is 0. The van der Waals surface area contributed by atoms with Crippen molar-refractivity contribution in [1.82, 2.24) is 19.5 Å². The van der Waals surface area contributed by atoms with Gasteiger partial charge in [-0.05, 0) is 60.2 Å². The number of fused-ring (bicyclic) bond motifs is 12. The van der Waals surface area contributed by atoms with Crippen molar-refractivity contribution >= 4 is 87.6 Å². The normalized spacial score (nSPS) is 12.1. The largest absolute Gasteiger partial charge is 0.456 e. The van der Waals surface area contributed by atoms with E-state index in [2.05, 4.69) is 126 Å². The molecule has 0 amide bonds. The van der Waals surface area contributed by atoms with Gasteiger partial charge in [0.15, 0.2) is 17.5 Å². The first-order valence-electron chi connectivity index (χ1n) is 21.3. The second-order valence-corrected chi connectivity index (χ2v) is 16.2. The summed E-state index contributed by atoms with van der Waals surface area (Å²) < 4.78 is 21.9. The Bertz CT molecular complexity index is 4020. The van der Waals surface area contributed by atoms with E-state index >= 15 is 0 Å². The summed E-state index contributed by atoms with van der Waals surface area (Å²) in [6, 6.07) is 66.7. The molecule has 7 nitrogen and oxygen atoms in total. The fourth-order valence-electron chi connectivity index (χ4n) is 9.91. The Morgan fingerprint density at radius 3 is 1.22 bits per heavy atom. The molecule has 7 heteroatoms. The third kappa shape index (κ3) is 5.06. The van der Waals surface area contributed by atoms with Crippen LogP contribution in [0.3, 0.4) is 0 Å². The number of para-hydroxylation sites is 5. The van der Waals surface area contributed by atoms with Gasteiger partial charge in [-0.1, -0.05) is 140 Å². The van der Waals surface area contributed by atoms with Crippen LogP contribution < -0.4 is 0 Å².